The van der Waals surface area contributed by atoms with Gasteiger partial charge in [-0.2, -0.15) is 26.3 Å². The fraction of sp³-hybridized carbons (Fsp3) is 0.337. The van der Waals surface area contributed by atoms with Gasteiger partial charge in [-0.25, -0.2) is 14.4 Å². The van der Waals surface area contributed by atoms with E-state index in [0.717, 1.165) is 73.4 Å². The summed E-state index contributed by atoms with van der Waals surface area (Å²) < 4.78 is 175. The Labute approximate surface area is 794 Å². The molecule has 0 saturated heterocycles. The Kier molecular flexibility index (Phi) is 58.7. The summed E-state index contributed by atoms with van der Waals surface area (Å²) in [5.74, 6) is 3.21. The topological polar surface area (TPSA) is 290 Å². The van der Waals surface area contributed by atoms with E-state index < -0.39 is 54.2 Å². The number of methoxy groups -OCH3 is 10. The number of benzene rings is 8. The third kappa shape index (κ3) is 45.1. The number of allylic oxidation sites excluding steroid dienone is 7. The van der Waals surface area contributed by atoms with Crippen LogP contribution in [-0.4, -0.2) is 179 Å². The number of halogens is 6. The number of aliphatic hydroxyl groups excluding tert-OH is 1. The van der Waals surface area contributed by atoms with E-state index in [4.69, 9.17) is 85.6 Å². The molecule has 0 heterocycles. The number of unbranched alkanes of at least 4 members (excludes halogenated alkanes) is 3. The van der Waals surface area contributed by atoms with E-state index >= 15 is 0 Å². The summed E-state index contributed by atoms with van der Waals surface area (Å²) in [7, 11) is 14.6. The Morgan fingerprint density at radius 3 is 1.07 bits per heavy atom. The van der Waals surface area contributed by atoms with Crippen LogP contribution in [0.2, 0.25) is 0 Å². The van der Waals surface area contributed by atoms with Gasteiger partial charge in [0.1, 0.15) is 51.2 Å². The van der Waals surface area contributed by atoms with Gasteiger partial charge in [-0.3, -0.25) is 9.59 Å². The number of hydrogen-bond acceptors (Lipinski definition) is 26. The lowest BCUT2D eigenvalue weighted by atomic mass is 10.0. The molecule has 0 aliphatic heterocycles. The van der Waals surface area contributed by atoms with Gasteiger partial charge in [0, 0.05) is 56.7 Å². The van der Waals surface area contributed by atoms with Crippen LogP contribution in [-0.2, 0) is 58.6 Å². The van der Waals surface area contributed by atoms with E-state index in [1.807, 2.05) is 71.0 Å². The van der Waals surface area contributed by atoms with Gasteiger partial charge in [0.2, 0.25) is 0 Å². The van der Waals surface area contributed by atoms with Gasteiger partial charge in [-0.05, 0) is 202 Å². The molecule has 8 aromatic carbocycles. The third-order valence-electron chi connectivity index (χ3n) is 17.9. The molecule has 0 atom stereocenters. The lowest BCUT2D eigenvalue weighted by Gasteiger charge is -2.14. The minimum Gasteiger partial charge on any atom is -0.490 e. The highest BCUT2D eigenvalue weighted by atomic mass is 19.4. The summed E-state index contributed by atoms with van der Waals surface area (Å²) in [4.78, 5) is 57.0. The maximum absolute atomic E-state index is 12.4. The van der Waals surface area contributed by atoms with E-state index in [1.165, 1.54) is 140 Å². The maximum atomic E-state index is 12.4. The summed E-state index contributed by atoms with van der Waals surface area (Å²) in [5, 5.41) is 8.63. The fourth-order valence-electron chi connectivity index (χ4n) is 10.7. The highest BCUT2D eigenvalue weighted by Gasteiger charge is 2.34. The predicted molar refractivity (Wildman–Crippen MR) is 515 cm³/mol. The molecule has 0 aromatic heterocycles. The Balaban J connectivity index is 0.000000778. The van der Waals surface area contributed by atoms with Gasteiger partial charge in [-0.15, -0.1) is 0 Å². The highest BCUT2D eigenvalue weighted by molar-refractivity contribution is 5.98. The second kappa shape index (κ2) is 66.2. The lowest BCUT2D eigenvalue weighted by molar-refractivity contribution is -0.132. The van der Waals surface area contributed by atoms with Crippen molar-refractivity contribution in [2.75, 3.05) is 132 Å². The van der Waals surface area contributed by atoms with Crippen LogP contribution in [0.1, 0.15) is 179 Å². The van der Waals surface area contributed by atoms with E-state index in [0.29, 0.717) is 92.6 Å². The molecule has 1 N–H and O–H groups in total. The Morgan fingerprint density at radius 2 is 0.669 bits per heavy atom. The summed E-state index contributed by atoms with van der Waals surface area (Å²) in [5.41, 5.74) is 10.7. The second-order valence-electron chi connectivity index (χ2n) is 28.6. The molecule has 0 spiro atoms. The first-order valence-electron chi connectivity index (χ1n) is 41.7. The molecule has 32 heteroatoms. The Hall–Kier alpha value is -13.3. The second-order valence-corrected chi connectivity index (χ2v) is 28.6. The van der Waals surface area contributed by atoms with Crippen molar-refractivity contribution >= 4 is 74.7 Å². The molecule has 8 aromatic rings. The first-order valence-corrected chi connectivity index (χ1v) is 41.7. The number of ketones is 1. The summed E-state index contributed by atoms with van der Waals surface area (Å²) >= 11 is 0. The van der Waals surface area contributed by atoms with Crippen molar-refractivity contribution in [3.63, 3.8) is 0 Å². The van der Waals surface area contributed by atoms with Crippen molar-refractivity contribution in [2.24, 2.45) is 0 Å². The highest BCUT2D eigenvalue weighted by Crippen LogP contribution is 2.38. The molecule has 0 aliphatic rings. The number of rotatable bonds is 43. The van der Waals surface area contributed by atoms with Gasteiger partial charge < -0.3 is 99.8 Å². The van der Waals surface area contributed by atoms with Crippen LogP contribution < -0.4 is 47.4 Å². The van der Waals surface area contributed by atoms with Crippen LogP contribution in [0.5, 0.6) is 57.5 Å². The predicted octanol–water partition coefficient (Wildman–Crippen LogP) is 23.7. The van der Waals surface area contributed by atoms with E-state index in [1.54, 1.807) is 92.9 Å². The van der Waals surface area contributed by atoms with Crippen LogP contribution in [0.25, 0.3) is 45.1 Å². The number of esters is 4. The quantitative estimate of drug-likeness (QED) is 0.00706. The van der Waals surface area contributed by atoms with Crippen molar-refractivity contribution in [1.29, 1.82) is 0 Å². The van der Waals surface area contributed by atoms with Gasteiger partial charge in [0.15, 0.2) is 83.1 Å². The SMILES string of the molecule is C=C(C)c1ccc(C(=O)OC)c(OCOC)c1.C=C(C)c1ccc(OCOC)c(C(=O)OC)c1.C=C(C)c1ccc(OCOC)c(C(C)=O)c1.C=C(C)c1ccc(OCOC)c(OC(C)=O)c1.C=C(C)c1ccc(OCOC)c(OCCCCCC)c1.C=C(c1ccc(OCO)c(CC)c1)C(F)(F)F.C=C(c1ccc(OCOC)cc1)C(F)(F)F.C=Cc1ccc(C(=O)OC)c(OCOC)c1. The smallest absolute Gasteiger partial charge is 0.416 e. The molecule has 0 unspecified atom stereocenters. The van der Waals surface area contributed by atoms with Crippen molar-refractivity contribution in [3.8, 4) is 57.5 Å². The molecule has 0 fully saturated rings. The summed E-state index contributed by atoms with van der Waals surface area (Å²) in [6.07, 6.45) is -1.93. The maximum Gasteiger partial charge on any atom is 0.416 e. The van der Waals surface area contributed by atoms with Crippen molar-refractivity contribution in [2.45, 2.75) is 107 Å². The number of carbonyl (C=O) groups excluding carboxylic acids is 5. The molecule has 0 aliphatic carbocycles. The van der Waals surface area contributed by atoms with Crippen molar-refractivity contribution in [3.05, 3.63) is 277 Å². The Morgan fingerprint density at radius 1 is 0.331 bits per heavy atom. The molecular weight excluding hydrogens is 1780 g/mol. The fourth-order valence-corrected chi connectivity index (χ4v) is 10.7. The number of ether oxygens (including phenoxy) is 20. The number of hydrogen-bond donors (Lipinski definition) is 1. The zero-order chi connectivity index (χ0) is 103. The molecular formula is C104H128F6O26. The van der Waals surface area contributed by atoms with Crippen LogP contribution in [0.4, 0.5) is 26.3 Å². The number of carbonyl (C=O) groups is 5. The lowest BCUT2D eigenvalue weighted by Crippen LogP contribution is -2.10. The standard InChI is InChI=1S/C17H26O3.3C13H16O4.C13H16O3.C12H13F3O2.C12H14O4.C11H11F3O2/c1-5-6-7-8-11-19-17-12-15(14(2)3)9-10-16(17)20-13-18-4;1-9(2)10-5-6-12(17-8-15-3)11(7-10)13(14)16-4;1-9(2)10-5-6-11(13(14)16-4)12(7-10)17-8-15-3;1-9(2)11-5-6-12(16-8-15-4)13(7-11)17-10(3)14;1-9(2)11-5-6-13(16-8-15-4)12(7-11)10(3)14;1-3-9-6-10(8(2)12(13,14)15)4-5-11(9)17-7-16;1-4-9-5-6-10(12(13)15-3)11(7-9)16-8-14-2;1-8(11(12,13)14)9-3-5-10(6-4-9)16-7-15-2/h9-10,12H,2,5-8,11,13H2,1,3-4H3;3*5-7H,1,8H2,2-4H3;5-7H,1,8H2,2-4H3;4-6,16H,2-3,7H2,1H3;4-7H,1,8H2,2-3H3;3-6H,1,7H2,2H3. The molecule has 136 heavy (non-hydrogen) atoms. The van der Waals surface area contributed by atoms with Gasteiger partial charge >= 0.3 is 36.2 Å². The average molecular weight is 1910 g/mol. The normalized spacial score (nSPS) is 10.2. The van der Waals surface area contributed by atoms with Crippen LogP contribution >= 0.6 is 0 Å². The van der Waals surface area contributed by atoms with Crippen LogP contribution in [0.15, 0.2) is 204 Å². The minimum atomic E-state index is -4.44. The van der Waals surface area contributed by atoms with E-state index in [9.17, 15) is 50.3 Å². The summed E-state index contributed by atoms with van der Waals surface area (Å²) in [6.45, 7) is 46.3. The summed E-state index contributed by atoms with van der Waals surface area (Å²) in [6, 6.07) is 41.7. The first-order chi connectivity index (χ1) is 64.5. The van der Waals surface area contributed by atoms with Crippen LogP contribution in [0.3, 0.4) is 0 Å². The Bertz CT molecular complexity index is 5150. The molecule has 0 bridgehead atoms. The van der Waals surface area contributed by atoms with Gasteiger partial charge in [0.25, 0.3) is 0 Å². The van der Waals surface area contributed by atoms with Crippen molar-refractivity contribution < 1.29 is 150 Å². The molecule has 742 valence electrons. The zero-order valence-electron chi connectivity index (χ0n) is 81.0. The molecule has 0 amide bonds. The van der Waals surface area contributed by atoms with Crippen molar-refractivity contribution in [1.82, 2.24) is 0 Å². The molecule has 0 saturated carbocycles. The monoisotopic (exact) mass is 1910 g/mol. The number of aliphatic hydroxyl groups is 1. The minimum absolute atomic E-state index is 0.0136. The van der Waals surface area contributed by atoms with Crippen LogP contribution in [0, 0.1) is 0 Å². The van der Waals surface area contributed by atoms with E-state index in [-0.39, 0.29) is 64.5 Å². The molecule has 8 rings (SSSR count). The van der Waals surface area contributed by atoms with E-state index in [2.05, 4.69) is 73.8 Å². The van der Waals surface area contributed by atoms with Gasteiger partial charge in [-0.1, -0.05) is 174 Å². The first kappa shape index (κ1) is 121. The molecule has 26 nitrogen and oxygen atoms in total. The van der Waals surface area contributed by atoms with Gasteiger partial charge in [0.05, 0.1) is 44.6 Å². The number of Topliss-reactive ketones (excluding diaryl/α,β-unsaturated/α-hetero) is 1. The third-order valence-corrected chi connectivity index (χ3v) is 17.9. The number of alkyl halides is 6. The zero-order valence-corrected chi connectivity index (χ0v) is 81.0. The largest absolute Gasteiger partial charge is 0.490 e. The average Bonchev–Trinajstić information content (AvgIpc) is 0.827. The molecule has 0 radical (unpaired) electrons. The number of aryl methyl sites for hydroxylation is 1.